The molecule has 0 saturated heterocycles. The fourth-order valence-electron chi connectivity index (χ4n) is 2.09. The molecule has 2 aromatic rings. The standard InChI is InChI=1S/C15H18FN3O2/c1-18(10-14-17-6-7-19(14)2)9-11-4-5-12(13(16)8-11)15(20)21-3/h4-8H,9-10H2,1-3H3. The highest BCUT2D eigenvalue weighted by Gasteiger charge is 2.13. The molecule has 6 heteroatoms. The van der Waals surface area contributed by atoms with Gasteiger partial charge in [-0.1, -0.05) is 6.07 Å². The number of ether oxygens (including phenoxy) is 1. The molecule has 0 amide bonds. The molecule has 0 fully saturated rings. The highest BCUT2D eigenvalue weighted by molar-refractivity contribution is 5.89. The minimum atomic E-state index is -0.666. The van der Waals surface area contributed by atoms with Crippen LogP contribution in [0.15, 0.2) is 30.6 Å². The predicted octanol–water partition coefficient (Wildman–Crippen LogP) is 1.98. The summed E-state index contributed by atoms with van der Waals surface area (Å²) in [5, 5.41) is 0. The van der Waals surface area contributed by atoms with Gasteiger partial charge in [0.1, 0.15) is 11.6 Å². The number of benzene rings is 1. The molecular formula is C15H18FN3O2. The van der Waals surface area contributed by atoms with Crippen molar-refractivity contribution in [3.05, 3.63) is 53.4 Å². The van der Waals surface area contributed by atoms with E-state index >= 15 is 0 Å². The van der Waals surface area contributed by atoms with Crippen LogP contribution in [0.1, 0.15) is 21.7 Å². The number of rotatable bonds is 5. The van der Waals surface area contributed by atoms with Crippen molar-refractivity contribution in [2.45, 2.75) is 13.1 Å². The van der Waals surface area contributed by atoms with E-state index in [-0.39, 0.29) is 5.56 Å². The topological polar surface area (TPSA) is 47.4 Å². The molecule has 0 radical (unpaired) electrons. The van der Waals surface area contributed by atoms with Crippen LogP contribution in [-0.4, -0.2) is 34.6 Å². The van der Waals surface area contributed by atoms with Gasteiger partial charge in [0.15, 0.2) is 0 Å². The van der Waals surface area contributed by atoms with E-state index in [0.717, 1.165) is 11.4 Å². The van der Waals surface area contributed by atoms with Gasteiger partial charge in [0.05, 0.1) is 19.2 Å². The van der Waals surface area contributed by atoms with Crippen LogP contribution in [0.2, 0.25) is 0 Å². The van der Waals surface area contributed by atoms with Gasteiger partial charge in [-0.05, 0) is 24.7 Å². The number of esters is 1. The number of carbonyl (C=O) groups excluding carboxylic acids is 1. The maximum absolute atomic E-state index is 13.8. The van der Waals surface area contributed by atoms with Crippen LogP contribution in [0, 0.1) is 5.82 Å². The second kappa shape index (κ2) is 6.49. The average molecular weight is 291 g/mol. The molecule has 5 nitrogen and oxygen atoms in total. The van der Waals surface area contributed by atoms with Gasteiger partial charge >= 0.3 is 5.97 Å². The van der Waals surface area contributed by atoms with Crippen LogP contribution in [-0.2, 0) is 24.9 Å². The van der Waals surface area contributed by atoms with Crippen molar-refractivity contribution >= 4 is 5.97 Å². The molecule has 0 aliphatic rings. The molecular weight excluding hydrogens is 273 g/mol. The molecule has 0 unspecified atom stereocenters. The molecule has 0 bridgehead atoms. The van der Waals surface area contributed by atoms with Crippen molar-refractivity contribution in [2.24, 2.45) is 7.05 Å². The van der Waals surface area contributed by atoms with E-state index in [1.54, 1.807) is 12.3 Å². The van der Waals surface area contributed by atoms with E-state index in [1.165, 1.54) is 19.2 Å². The fourth-order valence-corrected chi connectivity index (χ4v) is 2.09. The molecule has 0 saturated carbocycles. The normalized spacial score (nSPS) is 10.9. The Bertz CT molecular complexity index is 640. The number of imidazole rings is 1. The SMILES string of the molecule is COC(=O)c1ccc(CN(C)Cc2nccn2C)cc1F. The third-order valence-electron chi connectivity index (χ3n) is 3.22. The molecule has 0 atom stereocenters. The van der Waals surface area contributed by atoms with Crippen molar-refractivity contribution in [2.75, 3.05) is 14.2 Å². The van der Waals surface area contributed by atoms with Crippen LogP contribution >= 0.6 is 0 Å². The Labute approximate surface area is 123 Å². The second-order valence-electron chi connectivity index (χ2n) is 4.93. The van der Waals surface area contributed by atoms with Gasteiger partial charge in [0.2, 0.25) is 0 Å². The molecule has 112 valence electrons. The molecule has 0 spiro atoms. The highest BCUT2D eigenvalue weighted by Crippen LogP contribution is 2.14. The molecule has 0 aliphatic heterocycles. The number of carbonyl (C=O) groups is 1. The largest absolute Gasteiger partial charge is 0.465 e. The molecule has 1 aromatic carbocycles. The fraction of sp³-hybridized carbons (Fsp3) is 0.333. The van der Waals surface area contributed by atoms with Crippen molar-refractivity contribution in [3.8, 4) is 0 Å². The van der Waals surface area contributed by atoms with Crippen molar-refractivity contribution in [1.29, 1.82) is 0 Å². The van der Waals surface area contributed by atoms with E-state index < -0.39 is 11.8 Å². The molecule has 21 heavy (non-hydrogen) atoms. The van der Waals surface area contributed by atoms with Crippen LogP contribution < -0.4 is 0 Å². The lowest BCUT2D eigenvalue weighted by atomic mass is 10.1. The first-order valence-electron chi connectivity index (χ1n) is 6.52. The van der Waals surface area contributed by atoms with Crippen molar-refractivity contribution < 1.29 is 13.9 Å². The van der Waals surface area contributed by atoms with Crippen LogP contribution in [0.5, 0.6) is 0 Å². The zero-order valence-corrected chi connectivity index (χ0v) is 12.3. The monoisotopic (exact) mass is 291 g/mol. The van der Waals surface area contributed by atoms with Gasteiger partial charge in [-0.2, -0.15) is 0 Å². The quantitative estimate of drug-likeness (QED) is 0.790. The summed E-state index contributed by atoms with van der Waals surface area (Å²) < 4.78 is 20.3. The summed E-state index contributed by atoms with van der Waals surface area (Å²) in [4.78, 5) is 17.6. The zero-order valence-electron chi connectivity index (χ0n) is 12.3. The minimum Gasteiger partial charge on any atom is -0.465 e. The number of aromatic nitrogens is 2. The van der Waals surface area contributed by atoms with Gasteiger partial charge in [-0.15, -0.1) is 0 Å². The van der Waals surface area contributed by atoms with E-state index in [4.69, 9.17) is 0 Å². The average Bonchev–Trinajstić information content (AvgIpc) is 2.83. The number of nitrogens with zero attached hydrogens (tertiary/aromatic N) is 3. The lowest BCUT2D eigenvalue weighted by Gasteiger charge is -2.16. The van der Waals surface area contributed by atoms with E-state index in [2.05, 4.69) is 9.72 Å². The Morgan fingerprint density at radius 3 is 2.76 bits per heavy atom. The molecule has 2 rings (SSSR count). The first kappa shape index (κ1) is 15.2. The summed E-state index contributed by atoms with van der Waals surface area (Å²) in [6.45, 7) is 1.22. The summed E-state index contributed by atoms with van der Waals surface area (Å²) in [5.74, 6) is -0.297. The van der Waals surface area contributed by atoms with E-state index in [9.17, 15) is 9.18 Å². The second-order valence-corrected chi connectivity index (χ2v) is 4.93. The van der Waals surface area contributed by atoms with Crippen LogP contribution in [0.25, 0.3) is 0 Å². The van der Waals surface area contributed by atoms with Gasteiger partial charge in [-0.3, -0.25) is 4.90 Å². The van der Waals surface area contributed by atoms with Gasteiger partial charge in [0.25, 0.3) is 0 Å². The van der Waals surface area contributed by atoms with Crippen LogP contribution in [0.3, 0.4) is 0 Å². The Hall–Kier alpha value is -2.21. The van der Waals surface area contributed by atoms with Crippen LogP contribution in [0.4, 0.5) is 4.39 Å². The first-order valence-corrected chi connectivity index (χ1v) is 6.52. The third kappa shape index (κ3) is 3.66. The zero-order chi connectivity index (χ0) is 15.4. The Kier molecular flexibility index (Phi) is 4.70. The number of halogens is 1. The summed E-state index contributed by atoms with van der Waals surface area (Å²) in [6.07, 6.45) is 3.63. The third-order valence-corrected chi connectivity index (χ3v) is 3.22. The number of hydrogen-bond acceptors (Lipinski definition) is 4. The smallest absolute Gasteiger partial charge is 0.340 e. The maximum Gasteiger partial charge on any atom is 0.340 e. The Balaban J connectivity index is 2.04. The lowest BCUT2D eigenvalue weighted by Crippen LogP contribution is -2.19. The molecule has 1 aromatic heterocycles. The summed E-state index contributed by atoms with van der Waals surface area (Å²) >= 11 is 0. The van der Waals surface area contributed by atoms with Crippen molar-refractivity contribution in [3.63, 3.8) is 0 Å². The molecule has 1 heterocycles. The van der Waals surface area contributed by atoms with Crippen molar-refractivity contribution in [1.82, 2.24) is 14.5 Å². The number of methoxy groups -OCH3 is 1. The molecule has 0 N–H and O–H groups in total. The molecule has 0 aliphatic carbocycles. The van der Waals surface area contributed by atoms with E-state index in [0.29, 0.717) is 13.1 Å². The lowest BCUT2D eigenvalue weighted by molar-refractivity contribution is 0.0595. The minimum absolute atomic E-state index is 0.0481. The van der Waals surface area contributed by atoms with Gasteiger partial charge < -0.3 is 9.30 Å². The van der Waals surface area contributed by atoms with E-state index in [1.807, 2.05) is 29.8 Å². The maximum atomic E-state index is 13.8. The van der Waals surface area contributed by atoms with Gasteiger partial charge in [0, 0.05) is 26.0 Å². The Morgan fingerprint density at radius 2 is 2.19 bits per heavy atom. The summed E-state index contributed by atoms with van der Waals surface area (Å²) in [7, 11) is 5.10. The predicted molar refractivity (Wildman–Crippen MR) is 76.1 cm³/mol. The first-order chi connectivity index (χ1) is 10.0. The highest BCUT2D eigenvalue weighted by atomic mass is 19.1. The number of aryl methyl sites for hydroxylation is 1. The summed E-state index contributed by atoms with van der Waals surface area (Å²) in [5.41, 5.74) is 0.741. The van der Waals surface area contributed by atoms with Gasteiger partial charge in [-0.25, -0.2) is 14.2 Å². The number of hydrogen-bond donors (Lipinski definition) is 0. The Morgan fingerprint density at radius 1 is 1.43 bits per heavy atom. The summed E-state index contributed by atoms with van der Waals surface area (Å²) in [6, 6.07) is 4.54.